The molecule has 72 valence electrons. The van der Waals surface area contributed by atoms with Crippen molar-refractivity contribution >= 4 is 11.6 Å². The first-order valence-electron chi connectivity index (χ1n) is 5.03. The topological polar surface area (TPSA) is 29.3 Å². The van der Waals surface area contributed by atoms with E-state index in [1.807, 2.05) is 18.7 Å². The van der Waals surface area contributed by atoms with Crippen molar-refractivity contribution in [3.05, 3.63) is 53.8 Å². The molecule has 0 saturated carbocycles. The van der Waals surface area contributed by atoms with Crippen LogP contribution in [0.4, 0.5) is 0 Å². The van der Waals surface area contributed by atoms with Crippen LogP contribution < -0.4 is 5.32 Å². The van der Waals surface area contributed by atoms with Gasteiger partial charge in [0.15, 0.2) is 0 Å². The number of nitrogens with zero attached hydrogens (tertiary/aromatic N) is 2. The highest BCUT2D eigenvalue weighted by atomic mass is 15.0. The standard InChI is InChI=1S/C12H9N3/c1-2-9-11-8(3-4-13-11)6-10-12(9)15(5-1)7-14-10/h1-7,11,13H. The minimum absolute atomic E-state index is 0.317. The molecule has 0 fully saturated rings. The third-order valence-corrected chi connectivity index (χ3v) is 3.10. The number of hydrogen-bond donors (Lipinski definition) is 1. The van der Waals surface area contributed by atoms with Crippen LogP contribution in [-0.4, -0.2) is 9.38 Å². The second-order valence-corrected chi connectivity index (χ2v) is 3.93. The molecule has 15 heavy (non-hydrogen) atoms. The second kappa shape index (κ2) is 2.31. The van der Waals surface area contributed by atoms with Crippen LogP contribution in [0, 0.1) is 0 Å². The van der Waals surface area contributed by atoms with E-state index < -0.39 is 0 Å². The molecule has 0 radical (unpaired) electrons. The van der Waals surface area contributed by atoms with E-state index in [1.165, 1.54) is 16.7 Å². The highest BCUT2D eigenvalue weighted by Crippen LogP contribution is 2.36. The van der Waals surface area contributed by atoms with Gasteiger partial charge in [-0.25, -0.2) is 4.98 Å². The van der Waals surface area contributed by atoms with Crippen LogP contribution >= 0.6 is 0 Å². The number of aromatic nitrogens is 2. The minimum atomic E-state index is 0.317. The van der Waals surface area contributed by atoms with Gasteiger partial charge < -0.3 is 9.72 Å². The molecule has 1 unspecified atom stereocenters. The summed E-state index contributed by atoms with van der Waals surface area (Å²) in [5.74, 6) is 0. The van der Waals surface area contributed by atoms with Crippen molar-refractivity contribution in [2.75, 3.05) is 0 Å². The molecule has 0 saturated heterocycles. The molecule has 0 bridgehead atoms. The normalized spacial score (nSPS) is 21.3. The zero-order valence-electron chi connectivity index (χ0n) is 8.01. The van der Waals surface area contributed by atoms with E-state index in [2.05, 4.69) is 39.0 Å². The van der Waals surface area contributed by atoms with Crippen LogP contribution in [0.1, 0.15) is 17.3 Å². The first-order chi connectivity index (χ1) is 7.43. The van der Waals surface area contributed by atoms with E-state index in [-0.39, 0.29) is 0 Å². The summed E-state index contributed by atoms with van der Waals surface area (Å²) in [5.41, 5.74) is 4.91. The van der Waals surface area contributed by atoms with E-state index in [4.69, 9.17) is 0 Å². The molecule has 1 atom stereocenters. The fourth-order valence-electron chi connectivity index (χ4n) is 2.43. The number of hydrogen-bond acceptors (Lipinski definition) is 2. The lowest BCUT2D eigenvalue weighted by atomic mass is 9.94. The van der Waals surface area contributed by atoms with Crippen molar-refractivity contribution in [1.82, 2.24) is 14.7 Å². The van der Waals surface area contributed by atoms with E-state index in [1.54, 1.807) is 0 Å². The Bertz CT molecular complexity index is 619. The Morgan fingerprint density at radius 1 is 1.40 bits per heavy atom. The van der Waals surface area contributed by atoms with E-state index in [9.17, 15) is 0 Å². The predicted molar refractivity (Wildman–Crippen MR) is 58.2 cm³/mol. The fourth-order valence-corrected chi connectivity index (χ4v) is 2.43. The first-order valence-corrected chi connectivity index (χ1v) is 5.03. The van der Waals surface area contributed by atoms with Crippen molar-refractivity contribution in [1.29, 1.82) is 0 Å². The highest BCUT2D eigenvalue weighted by Gasteiger charge is 2.25. The Hall–Kier alpha value is -2.03. The van der Waals surface area contributed by atoms with Gasteiger partial charge in [0.25, 0.3) is 0 Å². The van der Waals surface area contributed by atoms with Crippen LogP contribution in [0.3, 0.4) is 0 Å². The number of nitrogens with one attached hydrogen (secondary N) is 1. The molecule has 2 aromatic rings. The second-order valence-electron chi connectivity index (χ2n) is 3.93. The molecule has 1 aliphatic heterocycles. The Morgan fingerprint density at radius 2 is 2.40 bits per heavy atom. The number of rotatable bonds is 0. The van der Waals surface area contributed by atoms with E-state index in [0.29, 0.717) is 6.04 Å². The maximum Gasteiger partial charge on any atom is 0.0999 e. The lowest BCUT2D eigenvalue weighted by molar-refractivity contribution is 0.764. The number of fused-ring (bicyclic) bond motifs is 2. The summed E-state index contributed by atoms with van der Waals surface area (Å²) in [6.07, 6.45) is 10.2. The molecule has 0 spiro atoms. The monoisotopic (exact) mass is 195 g/mol. The summed E-state index contributed by atoms with van der Waals surface area (Å²) in [6, 6.07) is 4.55. The quantitative estimate of drug-likeness (QED) is 0.695. The maximum atomic E-state index is 4.41. The largest absolute Gasteiger partial charge is 0.380 e. The SMILES string of the molecule is C1=CC2=Cc3ncn4cccc(c34)C2N1. The van der Waals surface area contributed by atoms with Gasteiger partial charge >= 0.3 is 0 Å². The van der Waals surface area contributed by atoms with Crippen molar-refractivity contribution < 1.29 is 0 Å². The molecule has 3 heterocycles. The maximum absolute atomic E-state index is 4.41. The average molecular weight is 195 g/mol. The lowest BCUT2D eigenvalue weighted by Crippen LogP contribution is -2.15. The van der Waals surface area contributed by atoms with Gasteiger partial charge in [0.2, 0.25) is 0 Å². The van der Waals surface area contributed by atoms with Gasteiger partial charge in [-0.3, -0.25) is 0 Å². The van der Waals surface area contributed by atoms with Crippen LogP contribution in [-0.2, 0) is 0 Å². The summed E-state index contributed by atoms with van der Waals surface area (Å²) >= 11 is 0. The fraction of sp³-hybridized carbons (Fsp3) is 0.0833. The molecule has 1 N–H and O–H groups in total. The Morgan fingerprint density at radius 3 is 3.40 bits per heavy atom. The van der Waals surface area contributed by atoms with Crippen molar-refractivity contribution in [2.24, 2.45) is 0 Å². The van der Waals surface area contributed by atoms with Gasteiger partial charge in [0, 0.05) is 11.8 Å². The van der Waals surface area contributed by atoms with Gasteiger partial charge in [-0.05, 0) is 30.0 Å². The van der Waals surface area contributed by atoms with Gasteiger partial charge in [0.05, 0.1) is 23.6 Å². The Kier molecular flexibility index (Phi) is 1.12. The molecule has 3 nitrogen and oxygen atoms in total. The van der Waals surface area contributed by atoms with Crippen LogP contribution in [0.15, 0.2) is 42.5 Å². The third kappa shape index (κ3) is 0.783. The van der Waals surface area contributed by atoms with Crippen molar-refractivity contribution in [3.8, 4) is 0 Å². The predicted octanol–water partition coefficient (Wildman–Crippen LogP) is 1.89. The molecule has 1 aliphatic carbocycles. The molecule has 2 aliphatic rings. The molecular formula is C12H9N3. The zero-order valence-corrected chi connectivity index (χ0v) is 8.01. The summed E-state index contributed by atoms with van der Waals surface area (Å²) in [7, 11) is 0. The van der Waals surface area contributed by atoms with E-state index >= 15 is 0 Å². The highest BCUT2D eigenvalue weighted by molar-refractivity contribution is 5.79. The minimum Gasteiger partial charge on any atom is -0.380 e. The van der Waals surface area contributed by atoms with Crippen LogP contribution in [0.25, 0.3) is 11.6 Å². The Balaban J connectivity index is 2.17. The van der Waals surface area contributed by atoms with Crippen molar-refractivity contribution in [3.63, 3.8) is 0 Å². The van der Waals surface area contributed by atoms with Crippen molar-refractivity contribution in [2.45, 2.75) is 6.04 Å². The lowest BCUT2D eigenvalue weighted by Gasteiger charge is -2.19. The molecule has 2 aromatic heterocycles. The summed E-state index contributed by atoms with van der Waals surface area (Å²) in [5, 5.41) is 3.36. The molecular weight excluding hydrogens is 186 g/mol. The zero-order chi connectivity index (χ0) is 9.83. The smallest absolute Gasteiger partial charge is 0.0999 e. The number of imidazole rings is 1. The molecule has 4 rings (SSSR count). The van der Waals surface area contributed by atoms with Gasteiger partial charge in [-0.2, -0.15) is 0 Å². The van der Waals surface area contributed by atoms with Crippen LogP contribution in [0.5, 0.6) is 0 Å². The van der Waals surface area contributed by atoms with Crippen LogP contribution in [0.2, 0.25) is 0 Å². The Labute approximate surface area is 86.8 Å². The first kappa shape index (κ1) is 7.29. The summed E-state index contributed by atoms with van der Waals surface area (Å²) in [6.45, 7) is 0. The average Bonchev–Trinajstić information content (AvgIpc) is 2.87. The molecule has 0 amide bonds. The molecule has 0 aromatic carbocycles. The van der Waals surface area contributed by atoms with E-state index in [0.717, 1.165) is 5.69 Å². The third-order valence-electron chi connectivity index (χ3n) is 3.10. The van der Waals surface area contributed by atoms with Gasteiger partial charge in [0.1, 0.15) is 0 Å². The summed E-state index contributed by atoms with van der Waals surface area (Å²) in [4.78, 5) is 4.41. The molecule has 3 heteroatoms. The van der Waals surface area contributed by atoms with Gasteiger partial charge in [-0.15, -0.1) is 0 Å². The number of pyridine rings is 1. The summed E-state index contributed by atoms with van der Waals surface area (Å²) < 4.78 is 2.08. The van der Waals surface area contributed by atoms with Gasteiger partial charge in [-0.1, -0.05) is 6.07 Å².